The third kappa shape index (κ3) is 6.97. The predicted molar refractivity (Wildman–Crippen MR) is 122 cm³/mol. The Bertz CT molecular complexity index is 784. The summed E-state index contributed by atoms with van der Waals surface area (Å²) in [5.74, 6) is 1.15. The molecule has 1 aliphatic heterocycles. The monoisotopic (exact) mass is 451 g/mol. The summed E-state index contributed by atoms with van der Waals surface area (Å²) in [6, 6.07) is 6.08. The maximum absolute atomic E-state index is 13.0. The Morgan fingerprint density at radius 3 is 2.68 bits per heavy atom. The average Bonchev–Trinajstić information content (AvgIpc) is 3.14. The molecule has 8 heteroatoms. The van der Waals surface area contributed by atoms with Gasteiger partial charge in [-0.1, -0.05) is 37.2 Å². The van der Waals surface area contributed by atoms with Crippen LogP contribution in [0.1, 0.15) is 39.2 Å². The summed E-state index contributed by atoms with van der Waals surface area (Å²) >= 11 is 5.94. The van der Waals surface area contributed by atoms with E-state index in [9.17, 15) is 15.0 Å². The minimum atomic E-state index is -0.941. The lowest BCUT2D eigenvalue weighted by atomic mass is 10.1. The first-order valence-corrected chi connectivity index (χ1v) is 10.9. The number of β-amino-alcohol motifs (C(OH)–C–C–N with tert-alkyl or cyclic N) is 1. The molecule has 0 aliphatic carbocycles. The molecule has 2 rings (SSSR count). The number of ether oxygens (including phenoxy) is 1. The number of carbonyl (C=O) groups is 1. The zero-order valence-electron chi connectivity index (χ0n) is 18.7. The maximum atomic E-state index is 13.0. The van der Waals surface area contributed by atoms with Crippen LogP contribution in [0.5, 0.6) is 0 Å². The van der Waals surface area contributed by atoms with Crippen LogP contribution in [0.3, 0.4) is 0 Å². The number of likely N-dealkylation sites (N-methyl/N-ethyl adjacent to an activating group) is 1. The molecule has 0 bridgehead atoms. The van der Waals surface area contributed by atoms with E-state index in [2.05, 4.69) is 11.9 Å². The van der Waals surface area contributed by atoms with Crippen molar-refractivity contribution in [2.45, 2.75) is 64.6 Å². The highest BCUT2D eigenvalue weighted by Gasteiger charge is 2.40. The van der Waals surface area contributed by atoms with Crippen molar-refractivity contribution in [3.63, 3.8) is 0 Å². The van der Waals surface area contributed by atoms with Crippen molar-refractivity contribution < 1.29 is 19.7 Å². The molecular weight excluding hydrogens is 418 g/mol. The third-order valence-electron chi connectivity index (χ3n) is 5.52. The molecule has 1 unspecified atom stereocenters. The molecule has 1 aromatic rings. The summed E-state index contributed by atoms with van der Waals surface area (Å²) in [6.45, 7) is 10.2. The molecule has 1 saturated heterocycles. The number of amides is 2. The zero-order valence-corrected chi connectivity index (χ0v) is 19.5. The summed E-state index contributed by atoms with van der Waals surface area (Å²) in [5, 5.41) is 24.7. The van der Waals surface area contributed by atoms with Crippen LogP contribution in [0.15, 0.2) is 48.4 Å². The third-order valence-corrected chi connectivity index (χ3v) is 5.77. The molecule has 7 nitrogen and oxygen atoms in total. The Kier molecular flexibility index (Phi) is 9.37. The van der Waals surface area contributed by atoms with Crippen LogP contribution in [-0.2, 0) is 11.3 Å². The molecule has 172 valence electrons. The van der Waals surface area contributed by atoms with Gasteiger partial charge in [0.05, 0.1) is 23.9 Å². The lowest BCUT2D eigenvalue weighted by molar-refractivity contribution is -0.0326. The van der Waals surface area contributed by atoms with Crippen LogP contribution in [0.25, 0.3) is 0 Å². The van der Waals surface area contributed by atoms with Gasteiger partial charge in [-0.2, -0.15) is 0 Å². The van der Waals surface area contributed by atoms with Gasteiger partial charge in [0.15, 0.2) is 0 Å². The van der Waals surface area contributed by atoms with Crippen LogP contribution in [0.2, 0.25) is 5.02 Å². The maximum Gasteiger partial charge on any atom is 0.318 e. The topological polar surface area (TPSA) is 85.3 Å². The zero-order chi connectivity index (χ0) is 23.1. The smallest absolute Gasteiger partial charge is 0.318 e. The second-order valence-electron chi connectivity index (χ2n) is 7.94. The average molecular weight is 452 g/mol. The number of hydrogen-bond acceptors (Lipinski definition) is 5. The summed E-state index contributed by atoms with van der Waals surface area (Å²) in [6.07, 6.45) is 1.08. The summed E-state index contributed by atoms with van der Waals surface area (Å²) in [4.78, 5) is 16.2. The molecule has 0 spiro atoms. The molecule has 0 aromatic heterocycles. The van der Waals surface area contributed by atoms with E-state index in [0.717, 1.165) is 5.56 Å². The van der Waals surface area contributed by atoms with Crippen molar-refractivity contribution in [2.24, 2.45) is 0 Å². The van der Waals surface area contributed by atoms with Crippen LogP contribution >= 0.6 is 11.6 Å². The van der Waals surface area contributed by atoms with E-state index in [1.165, 1.54) is 4.90 Å². The molecule has 4 atom stereocenters. The van der Waals surface area contributed by atoms with Crippen molar-refractivity contribution >= 4 is 17.6 Å². The molecular formula is C23H34ClN3O4. The molecule has 3 N–H and O–H groups in total. The number of halogens is 1. The number of benzene rings is 1. The van der Waals surface area contributed by atoms with Gasteiger partial charge >= 0.3 is 6.03 Å². The van der Waals surface area contributed by atoms with Gasteiger partial charge in [0.25, 0.3) is 0 Å². The Morgan fingerprint density at radius 1 is 1.45 bits per heavy atom. The minimum Gasteiger partial charge on any atom is -0.465 e. The normalized spacial score (nSPS) is 21.2. The standard InChI is InChI=1S/C23H34ClN3O4/c1-6-15(3)31-16(4)20(7-2)25-23(30)27-14-19(28)12-21(27)22(29)26(5)13-17-8-10-18(24)11-9-17/h6,8-11,19-22,28-29H,4,7,12-14H2,1-3,5H3,(H,25,30)/b15-6-/t19-,20-,21-,22?/m1/s1. The van der Waals surface area contributed by atoms with Crippen LogP contribution < -0.4 is 5.32 Å². The van der Waals surface area contributed by atoms with Gasteiger partial charge in [-0.25, -0.2) is 4.79 Å². The van der Waals surface area contributed by atoms with Crippen LogP contribution in [-0.4, -0.2) is 64.1 Å². The molecule has 0 radical (unpaired) electrons. The second-order valence-corrected chi connectivity index (χ2v) is 8.38. The Labute approximate surface area is 189 Å². The number of aliphatic hydroxyl groups excluding tert-OH is 2. The molecule has 2 amide bonds. The summed E-state index contributed by atoms with van der Waals surface area (Å²) < 4.78 is 5.64. The van der Waals surface area contributed by atoms with Gasteiger partial charge in [-0.3, -0.25) is 4.90 Å². The van der Waals surface area contributed by atoms with Gasteiger partial charge in [0.2, 0.25) is 0 Å². The molecule has 1 aromatic carbocycles. The SMILES string of the molecule is C=C(O/C(C)=C\C)[C@@H](CC)NC(=O)N1C[C@H](O)C[C@@H]1C(O)N(C)Cc1ccc(Cl)cc1. The molecule has 1 heterocycles. The van der Waals surface area contributed by atoms with Gasteiger partial charge in [0, 0.05) is 18.1 Å². The minimum absolute atomic E-state index is 0.153. The Balaban J connectivity index is 2.05. The molecule has 1 aliphatic rings. The van der Waals surface area contributed by atoms with Crippen molar-refractivity contribution in [2.75, 3.05) is 13.6 Å². The van der Waals surface area contributed by atoms with E-state index in [0.29, 0.717) is 35.9 Å². The lowest BCUT2D eigenvalue weighted by Gasteiger charge is -2.34. The van der Waals surface area contributed by atoms with Crippen molar-refractivity contribution in [3.05, 3.63) is 59.0 Å². The number of allylic oxidation sites excluding steroid dienone is 2. The van der Waals surface area contributed by atoms with E-state index in [4.69, 9.17) is 16.3 Å². The highest BCUT2D eigenvalue weighted by Crippen LogP contribution is 2.24. The number of likely N-dealkylation sites (tertiary alicyclic amines) is 1. The number of urea groups is 1. The van der Waals surface area contributed by atoms with Gasteiger partial charge in [-0.15, -0.1) is 0 Å². The Morgan fingerprint density at radius 2 is 2.10 bits per heavy atom. The van der Waals surface area contributed by atoms with Crippen LogP contribution in [0, 0.1) is 0 Å². The highest BCUT2D eigenvalue weighted by atomic mass is 35.5. The summed E-state index contributed by atoms with van der Waals surface area (Å²) in [5.41, 5.74) is 0.986. The number of rotatable bonds is 9. The fourth-order valence-corrected chi connectivity index (χ4v) is 3.73. The van der Waals surface area contributed by atoms with E-state index in [1.807, 2.05) is 39.0 Å². The van der Waals surface area contributed by atoms with Gasteiger partial charge in [0.1, 0.15) is 12.0 Å². The largest absolute Gasteiger partial charge is 0.465 e. The number of aliphatic hydroxyl groups is 2. The number of nitrogens with one attached hydrogen (secondary N) is 1. The van der Waals surface area contributed by atoms with Crippen molar-refractivity contribution in [1.82, 2.24) is 15.1 Å². The van der Waals surface area contributed by atoms with Crippen LogP contribution in [0.4, 0.5) is 4.79 Å². The number of nitrogens with zero attached hydrogens (tertiary/aromatic N) is 2. The van der Waals surface area contributed by atoms with E-state index >= 15 is 0 Å². The lowest BCUT2D eigenvalue weighted by Crippen LogP contribution is -2.53. The van der Waals surface area contributed by atoms with E-state index < -0.39 is 18.4 Å². The van der Waals surface area contributed by atoms with Gasteiger partial charge in [-0.05, 0) is 57.5 Å². The molecule has 31 heavy (non-hydrogen) atoms. The second kappa shape index (κ2) is 11.5. The highest BCUT2D eigenvalue weighted by molar-refractivity contribution is 6.30. The number of hydrogen-bond donors (Lipinski definition) is 3. The quantitative estimate of drug-likeness (QED) is 0.395. The predicted octanol–water partition coefficient (Wildman–Crippen LogP) is 3.47. The van der Waals surface area contributed by atoms with E-state index in [-0.39, 0.29) is 18.6 Å². The fraction of sp³-hybridized carbons (Fsp3) is 0.522. The molecule has 1 fully saturated rings. The van der Waals surface area contributed by atoms with Gasteiger partial charge < -0.3 is 25.2 Å². The molecule has 0 saturated carbocycles. The Hall–Kier alpha value is -2.06. The number of carbonyl (C=O) groups excluding carboxylic acids is 1. The first kappa shape index (κ1) is 25.2. The first-order valence-electron chi connectivity index (χ1n) is 10.5. The van der Waals surface area contributed by atoms with Crippen molar-refractivity contribution in [1.29, 1.82) is 0 Å². The first-order chi connectivity index (χ1) is 14.7. The van der Waals surface area contributed by atoms with E-state index in [1.54, 1.807) is 24.1 Å². The summed E-state index contributed by atoms with van der Waals surface area (Å²) in [7, 11) is 1.78. The fourth-order valence-electron chi connectivity index (χ4n) is 3.60. The van der Waals surface area contributed by atoms with Crippen molar-refractivity contribution in [3.8, 4) is 0 Å².